The maximum Gasteiger partial charge on any atom is 0.244 e. The molecule has 0 bridgehead atoms. The van der Waals surface area contributed by atoms with Gasteiger partial charge in [0, 0.05) is 11.3 Å². The number of carbonyl (C=O) groups excluding carboxylic acids is 2. The Hall–Kier alpha value is -1.69. The molecular formula is C18H28N2O3S. The predicted octanol–water partition coefficient (Wildman–Crippen LogP) is 3.40. The minimum Gasteiger partial charge on any atom is -0.495 e. The molecule has 0 spiro atoms. The molecular weight excluding hydrogens is 324 g/mol. The average molecular weight is 353 g/mol. The molecule has 0 aliphatic heterocycles. The zero-order valence-corrected chi connectivity index (χ0v) is 16.0. The fourth-order valence-corrected chi connectivity index (χ4v) is 2.78. The molecule has 134 valence electrons. The third-order valence-corrected chi connectivity index (χ3v) is 4.45. The van der Waals surface area contributed by atoms with Gasteiger partial charge in [-0.05, 0) is 18.6 Å². The maximum absolute atomic E-state index is 12.4. The standard InChI is InChI=1S/C18H28N2O3S/c1-6-11-20(17(22)13-24-18(2,3)4)12-16(21)19-14-9-7-8-10-15(14)23-5/h7-10H,6,11-13H2,1-5H3,(H,19,21). The Morgan fingerprint density at radius 2 is 1.92 bits per heavy atom. The van der Waals surface area contributed by atoms with E-state index in [9.17, 15) is 9.59 Å². The summed E-state index contributed by atoms with van der Waals surface area (Å²) in [7, 11) is 1.56. The van der Waals surface area contributed by atoms with Gasteiger partial charge in [0.15, 0.2) is 0 Å². The smallest absolute Gasteiger partial charge is 0.244 e. The number of para-hydroxylation sites is 2. The van der Waals surface area contributed by atoms with Gasteiger partial charge in [-0.25, -0.2) is 0 Å². The molecule has 6 heteroatoms. The normalized spacial score (nSPS) is 11.0. The van der Waals surface area contributed by atoms with Crippen molar-refractivity contribution in [2.75, 3.05) is 31.3 Å². The Morgan fingerprint density at radius 1 is 1.25 bits per heavy atom. The van der Waals surface area contributed by atoms with E-state index >= 15 is 0 Å². The van der Waals surface area contributed by atoms with Gasteiger partial charge in [-0.1, -0.05) is 39.8 Å². The molecule has 5 nitrogen and oxygen atoms in total. The van der Waals surface area contributed by atoms with Gasteiger partial charge < -0.3 is 15.0 Å². The van der Waals surface area contributed by atoms with E-state index in [-0.39, 0.29) is 23.1 Å². The second-order valence-electron chi connectivity index (χ2n) is 6.46. The Labute approximate surface area is 149 Å². The number of anilines is 1. The van der Waals surface area contributed by atoms with E-state index in [2.05, 4.69) is 26.1 Å². The van der Waals surface area contributed by atoms with Crippen LogP contribution in [0.5, 0.6) is 5.75 Å². The summed E-state index contributed by atoms with van der Waals surface area (Å²) in [6, 6.07) is 7.22. The summed E-state index contributed by atoms with van der Waals surface area (Å²) < 4.78 is 5.24. The number of ether oxygens (including phenoxy) is 1. The first-order valence-electron chi connectivity index (χ1n) is 8.11. The van der Waals surface area contributed by atoms with Crippen LogP contribution in [0.3, 0.4) is 0 Å². The Morgan fingerprint density at radius 3 is 2.50 bits per heavy atom. The highest BCUT2D eigenvalue weighted by Crippen LogP contribution is 2.24. The molecule has 0 aliphatic rings. The van der Waals surface area contributed by atoms with Gasteiger partial charge in [-0.2, -0.15) is 0 Å². The van der Waals surface area contributed by atoms with E-state index in [1.54, 1.807) is 35.9 Å². The SMILES string of the molecule is CCCN(CC(=O)Nc1ccccc1OC)C(=O)CSC(C)(C)C. The van der Waals surface area contributed by atoms with E-state index < -0.39 is 0 Å². The molecule has 0 radical (unpaired) electrons. The van der Waals surface area contributed by atoms with Gasteiger partial charge in [-0.3, -0.25) is 9.59 Å². The second-order valence-corrected chi connectivity index (χ2v) is 8.27. The number of benzene rings is 1. The second kappa shape index (κ2) is 9.57. The summed E-state index contributed by atoms with van der Waals surface area (Å²) >= 11 is 1.59. The summed E-state index contributed by atoms with van der Waals surface area (Å²) in [4.78, 5) is 26.3. The van der Waals surface area contributed by atoms with Crippen molar-refractivity contribution in [1.82, 2.24) is 4.90 Å². The minimum absolute atomic E-state index is 0.00745. The lowest BCUT2D eigenvalue weighted by Gasteiger charge is -2.24. The highest BCUT2D eigenvalue weighted by molar-refractivity contribution is 8.01. The van der Waals surface area contributed by atoms with Gasteiger partial charge in [0.25, 0.3) is 0 Å². The lowest BCUT2D eigenvalue weighted by atomic mass is 10.3. The van der Waals surface area contributed by atoms with Crippen LogP contribution in [0.4, 0.5) is 5.69 Å². The first kappa shape index (κ1) is 20.4. The molecule has 0 saturated carbocycles. The molecule has 2 amide bonds. The van der Waals surface area contributed by atoms with Gasteiger partial charge >= 0.3 is 0 Å². The highest BCUT2D eigenvalue weighted by Gasteiger charge is 2.20. The van der Waals surface area contributed by atoms with Crippen LogP contribution in [0.2, 0.25) is 0 Å². The monoisotopic (exact) mass is 352 g/mol. The number of hydrogen-bond acceptors (Lipinski definition) is 4. The van der Waals surface area contributed by atoms with Crippen LogP contribution in [0.1, 0.15) is 34.1 Å². The third kappa shape index (κ3) is 7.25. The van der Waals surface area contributed by atoms with Crippen molar-refractivity contribution in [1.29, 1.82) is 0 Å². The average Bonchev–Trinajstić information content (AvgIpc) is 2.52. The Kier molecular flexibility index (Phi) is 8.11. The number of methoxy groups -OCH3 is 1. The number of rotatable bonds is 8. The molecule has 0 aliphatic carbocycles. The molecule has 24 heavy (non-hydrogen) atoms. The number of carbonyl (C=O) groups is 2. The van der Waals surface area contributed by atoms with Crippen molar-refractivity contribution < 1.29 is 14.3 Å². The molecule has 1 aromatic carbocycles. The summed E-state index contributed by atoms with van der Waals surface area (Å²) in [5.41, 5.74) is 0.609. The molecule has 0 atom stereocenters. The van der Waals surface area contributed by atoms with Crippen molar-refractivity contribution in [2.24, 2.45) is 0 Å². The molecule has 0 fully saturated rings. The minimum atomic E-state index is -0.220. The van der Waals surface area contributed by atoms with Crippen LogP contribution < -0.4 is 10.1 Å². The van der Waals surface area contributed by atoms with Crippen LogP contribution in [0.25, 0.3) is 0 Å². The predicted molar refractivity (Wildman–Crippen MR) is 101 cm³/mol. The van der Waals surface area contributed by atoms with Gasteiger partial charge in [-0.15, -0.1) is 11.8 Å². The molecule has 0 aromatic heterocycles. The van der Waals surface area contributed by atoms with E-state index in [4.69, 9.17) is 4.74 Å². The van der Waals surface area contributed by atoms with Crippen LogP contribution in [-0.4, -0.2) is 47.4 Å². The molecule has 0 unspecified atom stereocenters. The largest absolute Gasteiger partial charge is 0.495 e. The van der Waals surface area contributed by atoms with Gasteiger partial charge in [0.2, 0.25) is 11.8 Å². The van der Waals surface area contributed by atoms with Crippen molar-refractivity contribution in [3.63, 3.8) is 0 Å². The highest BCUT2D eigenvalue weighted by atomic mass is 32.2. The number of hydrogen-bond donors (Lipinski definition) is 1. The first-order chi connectivity index (χ1) is 11.3. The number of amides is 2. The number of thioether (sulfide) groups is 1. The molecule has 0 saturated heterocycles. The number of nitrogens with one attached hydrogen (secondary N) is 1. The van der Waals surface area contributed by atoms with Crippen molar-refractivity contribution in [3.05, 3.63) is 24.3 Å². The Bertz CT molecular complexity index is 555. The van der Waals surface area contributed by atoms with Crippen LogP contribution in [0, 0.1) is 0 Å². The Balaban J connectivity index is 2.66. The topological polar surface area (TPSA) is 58.6 Å². The molecule has 0 heterocycles. The summed E-state index contributed by atoms with van der Waals surface area (Å²) in [5.74, 6) is 0.752. The lowest BCUT2D eigenvalue weighted by Crippen LogP contribution is -2.40. The summed E-state index contributed by atoms with van der Waals surface area (Å²) in [6.07, 6.45) is 0.813. The van der Waals surface area contributed by atoms with Crippen molar-refractivity contribution in [3.8, 4) is 5.75 Å². The van der Waals surface area contributed by atoms with Gasteiger partial charge in [0.05, 0.1) is 25.1 Å². The lowest BCUT2D eigenvalue weighted by molar-refractivity contribution is -0.132. The van der Waals surface area contributed by atoms with E-state index in [1.807, 2.05) is 19.1 Å². The van der Waals surface area contributed by atoms with E-state index in [0.717, 1.165) is 6.42 Å². The van der Waals surface area contributed by atoms with Crippen LogP contribution in [0.15, 0.2) is 24.3 Å². The summed E-state index contributed by atoms with van der Waals surface area (Å²) in [6.45, 7) is 8.84. The van der Waals surface area contributed by atoms with Gasteiger partial charge in [0.1, 0.15) is 5.75 Å². The maximum atomic E-state index is 12.4. The van der Waals surface area contributed by atoms with E-state index in [1.165, 1.54) is 0 Å². The quantitative estimate of drug-likeness (QED) is 0.779. The fraction of sp³-hybridized carbons (Fsp3) is 0.556. The molecule has 1 rings (SSSR count). The molecule has 1 aromatic rings. The zero-order valence-electron chi connectivity index (χ0n) is 15.2. The van der Waals surface area contributed by atoms with Crippen LogP contribution in [-0.2, 0) is 9.59 Å². The number of nitrogens with zero attached hydrogens (tertiary/aromatic N) is 1. The van der Waals surface area contributed by atoms with Crippen LogP contribution >= 0.6 is 11.8 Å². The van der Waals surface area contributed by atoms with Crippen molar-refractivity contribution >= 4 is 29.3 Å². The summed E-state index contributed by atoms with van der Waals surface area (Å²) in [5, 5.41) is 2.81. The van der Waals surface area contributed by atoms with E-state index in [0.29, 0.717) is 23.7 Å². The molecule has 1 N–H and O–H groups in total. The zero-order chi connectivity index (χ0) is 18.2. The van der Waals surface area contributed by atoms with Crippen molar-refractivity contribution in [2.45, 2.75) is 38.9 Å². The fourth-order valence-electron chi connectivity index (χ4n) is 2.04. The first-order valence-corrected chi connectivity index (χ1v) is 9.10. The third-order valence-electron chi connectivity index (χ3n) is 3.19.